The number of hydrogen-bond acceptors (Lipinski definition) is 5. The fraction of sp³-hybridized carbons (Fsp3) is 0.500. The van der Waals surface area contributed by atoms with Gasteiger partial charge in [0.1, 0.15) is 6.04 Å². The van der Waals surface area contributed by atoms with E-state index < -0.39 is 6.04 Å². The summed E-state index contributed by atoms with van der Waals surface area (Å²) in [5.41, 5.74) is 4.06. The van der Waals surface area contributed by atoms with Gasteiger partial charge < -0.3 is 9.30 Å². The summed E-state index contributed by atoms with van der Waals surface area (Å²) in [6.45, 7) is 4.78. The van der Waals surface area contributed by atoms with E-state index in [-0.39, 0.29) is 18.0 Å². The highest BCUT2D eigenvalue weighted by atomic mass is 16.5. The molecule has 2 aliphatic carbocycles. The Morgan fingerprint density at radius 2 is 1.62 bits per heavy atom. The second-order valence-electron chi connectivity index (χ2n) is 11.4. The van der Waals surface area contributed by atoms with Gasteiger partial charge in [-0.05, 0) is 81.0 Å². The molecule has 1 atom stereocenters. The fourth-order valence-electron chi connectivity index (χ4n) is 6.65. The molecule has 1 aliphatic heterocycles. The summed E-state index contributed by atoms with van der Waals surface area (Å²) >= 11 is 0. The first-order chi connectivity index (χ1) is 19.1. The molecule has 2 aromatic carbocycles. The van der Waals surface area contributed by atoms with Crippen LogP contribution < -0.4 is 0 Å². The summed E-state index contributed by atoms with van der Waals surface area (Å²) < 4.78 is 8.55. The number of amidine groups is 1. The third kappa shape index (κ3) is 4.88. The molecule has 3 fully saturated rings. The molecule has 0 radical (unpaired) electrons. The zero-order valence-corrected chi connectivity index (χ0v) is 23.1. The van der Waals surface area contributed by atoms with E-state index in [4.69, 9.17) is 9.73 Å². The van der Waals surface area contributed by atoms with Gasteiger partial charge in [-0.15, -0.1) is 0 Å². The molecule has 3 aromatic rings. The third-order valence-electron chi connectivity index (χ3n) is 8.81. The van der Waals surface area contributed by atoms with E-state index in [0.717, 1.165) is 78.0 Å². The maximum Gasteiger partial charge on any atom is 0.300 e. The van der Waals surface area contributed by atoms with Crippen molar-refractivity contribution in [2.75, 3.05) is 0 Å². The number of aliphatic imine (C=N–C) groups is 1. The molecule has 6 rings (SSSR count). The van der Waals surface area contributed by atoms with E-state index in [1.807, 2.05) is 24.0 Å². The molecule has 7 heteroatoms. The molecule has 1 unspecified atom stereocenters. The number of rotatable bonds is 6. The van der Waals surface area contributed by atoms with Crippen LogP contribution in [0.4, 0.5) is 0 Å². The van der Waals surface area contributed by atoms with Crippen LogP contribution in [-0.2, 0) is 16.1 Å². The van der Waals surface area contributed by atoms with Crippen LogP contribution in [0.3, 0.4) is 0 Å². The van der Waals surface area contributed by atoms with Crippen molar-refractivity contribution < 1.29 is 9.53 Å². The van der Waals surface area contributed by atoms with Crippen LogP contribution in [0.2, 0.25) is 0 Å². The SMILES string of the molecule is CCn1c2ccc(C=C3OC(=NC4CCCCC4)N(C4CCCCC4)C3=O)cc2c2cc(C(C)N=O)ccc21. The molecule has 0 bridgehead atoms. The maximum absolute atomic E-state index is 13.7. The Labute approximate surface area is 229 Å². The zero-order chi connectivity index (χ0) is 26.9. The van der Waals surface area contributed by atoms with Gasteiger partial charge in [0, 0.05) is 34.4 Å². The third-order valence-corrected chi connectivity index (χ3v) is 8.81. The van der Waals surface area contributed by atoms with Gasteiger partial charge in [0.25, 0.3) is 5.91 Å². The van der Waals surface area contributed by atoms with Crippen molar-refractivity contribution >= 4 is 39.8 Å². The Kier molecular flexibility index (Phi) is 7.24. The molecule has 0 spiro atoms. The molecule has 2 heterocycles. The summed E-state index contributed by atoms with van der Waals surface area (Å²) in [7, 11) is 0. The molecule has 0 N–H and O–H groups in total. The minimum Gasteiger partial charge on any atom is -0.420 e. The number of carbonyl (C=O) groups excluding carboxylic acids is 1. The molecule has 1 saturated heterocycles. The van der Waals surface area contributed by atoms with Crippen molar-refractivity contribution in [3.63, 3.8) is 0 Å². The minimum absolute atomic E-state index is 0.0688. The largest absolute Gasteiger partial charge is 0.420 e. The number of nitrogens with zero attached hydrogens (tertiary/aromatic N) is 4. The van der Waals surface area contributed by atoms with Crippen LogP contribution in [-0.4, -0.2) is 33.5 Å². The van der Waals surface area contributed by atoms with Crippen LogP contribution in [0, 0.1) is 4.91 Å². The number of ether oxygens (including phenoxy) is 1. The van der Waals surface area contributed by atoms with E-state index in [0.29, 0.717) is 11.8 Å². The molecule has 2 saturated carbocycles. The summed E-state index contributed by atoms with van der Waals surface area (Å²) in [5, 5.41) is 5.40. The van der Waals surface area contributed by atoms with Gasteiger partial charge in [0.2, 0.25) is 0 Å². The van der Waals surface area contributed by atoms with Gasteiger partial charge in [-0.1, -0.05) is 55.8 Å². The van der Waals surface area contributed by atoms with E-state index in [1.165, 1.54) is 25.7 Å². The lowest BCUT2D eigenvalue weighted by atomic mass is 9.94. The van der Waals surface area contributed by atoms with Gasteiger partial charge in [0.05, 0.1) is 6.04 Å². The second-order valence-corrected chi connectivity index (χ2v) is 11.4. The van der Waals surface area contributed by atoms with E-state index >= 15 is 0 Å². The van der Waals surface area contributed by atoms with Crippen molar-refractivity contribution in [1.82, 2.24) is 9.47 Å². The predicted molar refractivity (Wildman–Crippen MR) is 156 cm³/mol. The lowest BCUT2D eigenvalue weighted by Crippen LogP contribution is -2.41. The minimum atomic E-state index is -0.406. The van der Waals surface area contributed by atoms with E-state index in [1.54, 1.807) is 0 Å². The average molecular weight is 527 g/mol. The molecule has 1 aromatic heterocycles. The first-order valence-electron chi connectivity index (χ1n) is 14.8. The summed E-state index contributed by atoms with van der Waals surface area (Å²) in [5.74, 6) is 0.286. The maximum atomic E-state index is 13.7. The molecule has 1 amide bonds. The normalized spacial score (nSPS) is 22.3. The lowest BCUT2D eigenvalue weighted by molar-refractivity contribution is -0.124. The van der Waals surface area contributed by atoms with Crippen molar-refractivity contribution in [3.8, 4) is 0 Å². The van der Waals surface area contributed by atoms with Crippen LogP contribution in [0.1, 0.15) is 95.2 Å². The Bertz CT molecular complexity index is 1460. The zero-order valence-electron chi connectivity index (χ0n) is 23.1. The lowest BCUT2D eigenvalue weighted by Gasteiger charge is -2.29. The number of nitroso groups, excluding NO2 is 1. The van der Waals surface area contributed by atoms with Gasteiger partial charge >= 0.3 is 6.02 Å². The molecule has 3 aliphatic rings. The monoisotopic (exact) mass is 526 g/mol. The Morgan fingerprint density at radius 1 is 0.949 bits per heavy atom. The van der Waals surface area contributed by atoms with Gasteiger partial charge in [-0.25, -0.2) is 4.99 Å². The topological polar surface area (TPSA) is 76.3 Å². The van der Waals surface area contributed by atoms with Crippen molar-refractivity contribution in [2.45, 2.75) is 103 Å². The number of hydrogen-bond donors (Lipinski definition) is 0. The number of aryl methyl sites for hydroxylation is 1. The molecule has 39 heavy (non-hydrogen) atoms. The second kappa shape index (κ2) is 10.9. The molecule has 7 nitrogen and oxygen atoms in total. The summed E-state index contributed by atoms with van der Waals surface area (Å²) in [4.78, 5) is 31.8. The van der Waals surface area contributed by atoms with E-state index in [9.17, 15) is 9.70 Å². The van der Waals surface area contributed by atoms with Crippen molar-refractivity contribution in [1.29, 1.82) is 0 Å². The fourth-order valence-corrected chi connectivity index (χ4v) is 6.65. The Balaban J connectivity index is 1.39. The number of carbonyl (C=O) groups is 1. The van der Waals surface area contributed by atoms with Crippen LogP contribution >= 0.6 is 0 Å². The standard InChI is InChI=1S/C32H38N4O3/c1-3-35-28-16-14-22(18-26(28)27-20-23(21(2)34-38)15-17-29(27)35)19-30-31(37)36(25-12-8-5-9-13-25)32(39-30)33-24-10-6-4-7-11-24/h14-21,24-25H,3-13H2,1-2H3. The van der Waals surface area contributed by atoms with Crippen LogP contribution in [0.5, 0.6) is 0 Å². The predicted octanol–water partition coefficient (Wildman–Crippen LogP) is 7.86. The van der Waals surface area contributed by atoms with Crippen molar-refractivity contribution in [2.24, 2.45) is 10.2 Å². The highest BCUT2D eigenvalue weighted by Gasteiger charge is 2.40. The Morgan fingerprint density at radius 3 is 2.31 bits per heavy atom. The summed E-state index contributed by atoms with van der Waals surface area (Å²) in [6.07, 6.45) is 13.2. The smallest absolute Gasteiger partial charge is 0.300 e. The van der Waals surface area contributed by atoms with Crippen LogP contribution in [0.25, 0.3) is 27.9 Å². The quantitative estimate of drug-likeness (QED) is 0.242. The number of fused-ring (bicyclic) bond motifs is 3. The number of aromatic nitrogens is 1. The van der Waals surface area contributed by atoms with Gasteiger partial charge in [-0.2, -0.15) is 4.91 Å². The molecule has 204 valence electrons. The van der Waals surface area contributed by atoms with E-state index in [2.05, 4.69) is 47.0 Å². The van der Waals surface area contributed by atoms with Gasteiger partial charge in [0.15, 0.2) is 5.76 Å². The summed E-state index contributed by atoms with van der Waals surface area (Å²) in [6, 6.07) is 12.9. The van der Waals surface area contributed by atoms with Gasteiger partial charge in [-0.3, -0.25) is 9.69 Å². The molecular formula is C32H38N4O3. The highest BCUT2D eigenvalue weighted by Crippen LogP contribution is 2.35. The van der Waals surface area contributed by atoms with Crippen molar-refractivity contribution in [3.05, 3.63) is 58.2 Å². The van der Waals surface area contributed by atoms with Crippen LogP contribution in [0.15, 0.2) is 52.3 Å². The molecular weight excluding hydrogens is 488 g/mol. The average Bonchev–Trinajstić information content (AvgIpc) is 3.45. The number of amides is 1. The number of benzene rings is 2. The Hall–Kier alpha value is -3.48. The first-order valence-corrected chi connectivity index (χ1v) is 14.8. The first kappa shape index (κ1) is 25.8. The highest BCUT2D eigenvalue weighted by molar-refractivity contribution is 6.12.